The maximum absolute atomic E-state index is 11.4. The lowest BCUT2D eigenvalue weighted by Crippen LogP contribution is -2.36. The minimum Gasteiger partial charge on any atom is -0.383 e. The number of anilines is 1. The summed E-state index contributed by atoms with van der Waals surface area (Å²) in [6.45, 7) is 9.69. The van der Waals surface area contributed by atoms with Crippen LogP contribution >= 0.6 is 0 Å². The second-order valence-electron chi connectivity index (χ2n) is 5.61. The number of Topliss-reactive ketones (excluding diaryl/α,β-unsaturated/α-hetero) is 1. The van der Waals surface area contributed by atoms with E-state index in [9.17, 15) is 4.79 Å². The maximum Gasteiger partial charge on any atom is 0.163 e. The Hall–Kier alpha value is -1.42. The largest absolute Gasteiger partial charge is 0.383 e. The summed E-state index contributed by atoms with van der Waals surface area (Å²) >= 11 is 0. The second kappa shape index (κ2) is 3.81. The Bertz CT molecular complexity index is 474. The summed E-state index contributed by atoms with van der Waals surface area (Å²) in [5, 5.41) is 0. The van der Waals surface area contributed by atoms with Crippen molar-refractivity contribution in [1.29, 1.82) is 0 Å². The second-order valence-corrected chi connectivity index (χ2v) is 5.61. The van der Waals surface area contributed by atoms with Crippen LogP contribution in [-0.2, 0) is 13.1 Å². The molecule has 0 fully saturated rings. The van der Waals surface area contributed by atoms with E-state index >= 15 is 0 Å². The number of aromatic nitrogens is 1. The number of pyridine rings is 1. The molecule has 0 spiro atoms. The van der Waals surface area contributed by atoms with Crippen LogP contribution in [0.5, 0.6) is 0 Å². The molecule has 92 valence electrons. The zero-order chi connectivity index (χ0) is 12.8. The minimum atomic E-state index is -0.0213. The summed E-state index contributed by atoms with van der Waals surface area (Å²) < 4.78 is 0. The molecule has 0 amide bonds. The van der Waals surface area contributed by atoms with Crippen LogP contribution in [0.4, 0.5) is 5.82 Å². The molecule has 0 bridgehead atoms. The summed E-state index contributed by atoms with van der Waals surface area (Å²) in [5.74, 6) is 0.332. The number of hydrogen-bond donors (Lipinski definition) is 1. The van der Waals surface area contributed by atoms with Gasteiger partial charge in [0.05, 0.1) is 11.3 Å². The highest BCUT2D eigenvalue weighted by atomic mass is 16.1. The number of nitrogens with zero attached hydrogens (tertiary/aromatic N) is 2. The molecule has 1 aromatic rings. The fraction of sp³-hybridized carbons (Fsp3) is 0.538. The van der Waals surface area contributed by atoms with Crippen LogP contribution in [0.1, 0.15) is 49.3 Å². The standard InChI is InChI=1S/C13H19N3O/c1-8(17)10-5-9-6-16(13(2,3)4)7-11(9)15-12(10)14/h5H,6-7H2,1-4H3,(H2,14,15). The Morgan fingerprint density at radius 3 is 2.59 bits per heavy atom. The number of carbonyl (C=O) groups excluding carboxylic acids is 1. The molecular weight excluding hydrogens is 214 g/mol. The van der Waals surface area contributed by atoms with Gasteiger partial charge in [-0.3, -0.25) is 9.69 Å². The molecule has 0 saturated carbocycles. The average Bonchev–Trinajstić information content (AvgIpc) is 2.58. The SMILES string of the molecule is CC(=O)c1cc2c(nc1N)CN(C(C)(C)C)C2. The molecular formula is C13H19N3O. The van der Waals surface area contributed by atoms with Crippen LogP contribution in [0, 0.1) is 0 Å². The molecule has 17 heavy (non-hydrogen) atoms. The first-order valence-corrected chi connectivity index (χ1v) is 5.83. The third-order valence-corrected chi connectivity index (χ3v) is 3.25. The van der Waals surface area contributed by atoms with E-state index in [-0.39, 0.29) is 11.3 Å². The molecule has 0 unspecified atom stereocenters. The van der Waals surface area contributed by atoms with Gasteiger partial charge in [-0.15, -0.1) is 0 Å². The Kier molecular flexibility index (Phi) is 2.70. The highest BCUT2D eigenvalue weighted by Gasteiger charge is 2.29. The van der Waals surface area contributed by atoms with Crippen molar-refractivity contribution in [1.82, 2.24) is 9.88 Å². The first-order chi connectivity index (χ1) is 7.79. The van der Waals surface area contributed by atoms with Gasteiger partial charge in [0.25, 0.3) is 0 Å². The fourth-order valence-corrected chi connectivity index (χ4v) is 2.08. The van der Waals surface area contributed by atoms with Gasteiger partial charge in [0.2, 0.25) is 0 Å². The van der Waals surface area contributed by atoms with E-state index in [0.717, 1.165) is 24.3 Å². The molecule has 1 aromatic heterocycles. The van der Waals surface area contributed by atoms with Gasteiger partial charge in [-0.2, -0.15) is 0 Å². The van der Waals surface area contributed by atoms with E-state index < -0.39 is 0 Å². The first-order valence-electron chi connectivity index (χ1n) is 5.83. The first kappa shape index (κ1) is 12.0. The van der Waals surface area contributed by atoms with E-state index in [1.165, 1.54) is 6.92 Å². The number of nitrogens with two attached hydrogens (primary N) is 1. The van der Waals surface area contributed by atoms with Crippen molar-refractivity contribution in [2.75, 3.05) is 5.73 Å². The van der Waals surface area contributed by atoms with E-state index in [0.29, 0.717) is 11.4 Å². The number of rotatable bonds is 1. The minimum absolute atomic E-state index is 0.0213. The summed E-state index contributed by atoms with van der Waals surface area (Å²) in [5.41, 5.74) is 8.57. The predicted octanol–water partition coefficient (Wildman–Crippen LogP) is 1.98. The van der Waals surface area contributed by atoms with Crippen LogP contribution in [0.3, 0.4) is 0 Å². The molecule has 1 aliphatic rings. The molecule has 2 N–H and O–H groups in total. The zero-order valence-electron chi connectivity index (χ0n) is 10.9. The molecule has 4 heteroatoms. The summed E-state index contributed by atoms with van der Waals surface area (Å²) in [6, 6.07) is 1.89. The van der Waals surface area contributed by atoms with Gasteiger partial charge < -0.3 is 5.73 Å². The van der Waals surface area contributed by atoms with E-state index in [4.69, 9.17) is 5.73 Å². The molecule has 0 radical (unpaired) electrons. The Labute approximate surface area is 102 Å². The molecule has 0 atom stereocenters. The molecule has 2 heterocycles. The molecule has 0 aromatic carbocycles. The van der Waals surface area contributed by atoms with Gasteiger partial charge in [-0.05, 0) is 39.3 Å². The molecule has 4 nitrogen and oxygen atoms in total. The highest BCUT2D eigenvalue weighted by Crippen LogP contribution is 2.29. The topological polar surface area (TPSA) is 59.2 Å². The summed E-state index contributed by atoms with van der Waals surface area (Å²) in [6.07, 6.45) is 0. The van der Waals surface area contributed by atoms with Gasteiger partial charge in [0.15, 0.2) is 5.78 Å². The summed E-state index contributed by atoms with van der Waals surface area (Å²) in [4.78, 5) is 18.1. The average molecular weight is 233 g/mol. The number of carbonyl (C=O) groups is 1. The summed E-state index contributed by atoms with van der Waals surface area (Å²) in [7, 11) is 0. The fourth-order valence-electron chi connectivity index (χ4n) is 2.08. The van der Waals surface area contributed by atoms with Crippen molar-refractivity contribution in [3.05, 3.63) is 22.9 Å². The maximum atomic E-state index is 11.4. The number of fused-ring (bicyclic) bond motifs is 1. The van der Waals surface area contributed by atoms with Crippen LogP contribution in [0.25, 0.3) is 0 Å². The Balaban J connectivity index is 2.37. The third-order valence-electron chi connectivity index (χ3n) is 3.25. The van der Waals surface area contributed by atoms with Gasteiger partial charge in [-0.25, -0.2) is 4.98 Å². The van der Waals surface area contributed by atoms with Crippen LogP contribution in [-0.4, -0.2) is 21.2 Å². The smallest absolute Gasteiger partial charge is 0.163 e. The van der Waals surface area contributed by atoms with Crippen molar-refractivity contribution in [3.63, 3.8) is 0 Å². The lowest BCUT2D eigenvalue weighted by molar-refractivity contribution is 0.101. The van der Waals surface area contributed by atoms with Gasteiger partial charge in [0, 0.05) is 18.6 Å². The predicted molar refractivity (Wildman–Crippen MR) is 67.7 cm³/mol. The lowest BCUT2D eigenvalue weighted by Gasteiger charge is -2.30. The van der Waals surface area contributed by atoms with Crippen LogP contribution in [0.2, 0.25) is 0 Å². The van der Waals surface area contributed by atoms with E-state index in [2.05, 4.69) is 30.7 Å². The molecule has 0 aliphatic carbocycles. The van der Waals surface area contributed by atoms with Gasteiger partial charge in [-0.1, -0.05) is 0 Å². The van der Waals surface area contributed by atoms with Crippen molar-refractivity contribution >= 4 is 11.6 Å². The monoisotopic (exact) mass is 233 g/mol. The van der Waals surface area contributed by atoms with Crippen molar-refractivity contribution in [3.8, 4) is 0 Å². The Morgan fingerprint density at radius 1 is 1.41 bits per heavy atom. The molecule has 0 saturated heterocycles. The van der Waals surface area contributed by atoms with Gasteiger partial charge >= 0.3 is 0 Å². The zero-order valence-corrected chi connectivity index (χ0v) is 10.9. The van der Waals surface area contributed by atoms with E-state index in [1.54, 1.807) is 0 Å². The van der Waals surface area contributed by atoms with Crippen molar-refractivity contribution in [2.45, 2.75) is 46.3 Å². The van der Waals surface area contributed by atoms with Crippen LogP contribution in [0.15, 0.2) is 6.07 Å². The van der Waals surface area contributed by atoms with E-state index in [1.807, 2.05) is 6.07 Å². The molecule has 1 aliphatic heterocycles. The number of nitrogen functional groups attached to an aromatic ring is 1. The normalized spacial score (nSPS) is 16.0. The van der Waals surface area contributed by atoms with Crippen molar-refractivity contribution < 1.29 is 4.79 Å². The quantitative estimate of drug-likeness (QED) is 0.753. The van der Waals surface area contributed by atoms with Crippen LogP contribution < -0.4 is 5.73 Å². The highest BCUT2D eigenvalue weighted by molar-refractivity contribution is 5.98. The van der Waals surface area contributed by atoms with Crippen molar-refractivity contribution in [2.24, 2.45) is 0 Å². The third kappa shape index (κ3) is 2.17. The molecule has 2 rings (SSSR count). The lowest BCUT2D eigenvalue weighted by atomic mass is 10.1. The Morgan fingerprint density at radius 2 is 2.06 bits per heavy atom. The number of hydrogen-bond acceptors (Lipinski definition) is 4. The van der Waals surface area contributed by atoms with Gasteiger partial charge in [0.1, 0.15) is 5.82 Å². The number of ketones is 1.